The van der Waals surface area contributed by atoms with E-state index in [1.54, 1.807) is 0 Å². The molecular weight excluding hydrogens is 302 g/mol. The maximum Gasteiger partial charge on any atom is 0.257 e. The van der Waals surface area contributed by atoms with Crippen molar-refractivity contribution < 1.29 is 4.79 Å². The first-order chi connectivity index (χ1) is 11.7. The maximum absolute atomic E-state index is 12.4. The molecule has 1 aliphatic rings. The molecule has 4 N–H and O–H groups in total. The van der Waals surface area contributed by atoms with Crippen LogP contribution in [-0.4, -0.2) is 27.0 Å². The predicted octanol–water partition coefficient (Wildman–Crippen LogP) is 2.84. The number of rotatable bonds is 6. The molecule has 0 atom stereocenters. The Kier molecular flexibility index (Phi) is 3.82. The molecule has 0 saturated heterocycles. The number of carbonyl (C=O) groups is 1. The van der Waals surface area contributed by atoms with Gasteiger partial charge in [0.2, 0.25) is 5.95 Å². The Balaban J connectivity index is 1.50. The first kappa shape index (κ1) is 15.0. The predicted molar refractivity (Wildman–Crippen MR) is 94.1 cm³/mol. The number of hydrogen-bond donors (Lipinski definition) is 3. The number of imidazole rings is 1. The van der Waals surface area contributed by atoms with Crippen LogP contribution in [0.25, 0.3) is 10.9 Å². The minimum Gasteiger partial charge on any atom is -0.347 e. The minimum absolute atomic E-state index is 0.150. The lowest BCUT2D eigenvalue weighted by Gasteiger charge is -2.06. The van der Waals surface area contributed by atoms with Gasteiger partial charge in [0.25, 0.3) is 5.91 Å². The average molecular weight is 323 g/mol. The molecule has 0 radical (unpaired) electrons. The molecular formula is C18H21N5O. The third kappa shape index (κ3) is 2.92. The SMILES string of the molecule is NCCCn1ccc2cc(C(=O)Nc3ncc(C4CC4)[nH]3)ccc21. The fourth-order valence-electron chi connectivity index (χ4n) is 2.98. The van der Waals surface area contributed by atoms with Gasteiger partial charge in [-0.2, -0.15) is 0 Å². The number of anilines is 1. The summed E-state index contributed by atoms with van der Waals surface area (Å²) in [7, 11) is 0. The molecule has 0 unspecified atom stereocenters. The van der Waals surface area contributed by atoms with Crippen molar-refractivity contribution in [2.75, 3.05) is 11.9 Å². The summed E-state index contributed by atoms with van der Waals surface area (Å²) in [6.45, 7) is 1.56. The number of nitrogens with one attached hydrogen (secondary N) is 2. The lowest BCUT2D eigenvalue weighted by atomic mass is 10.1. The molecule has 0 bridgehead atoms. The van der Waals surface area contributed by atoms with Crippen LogP contribution in [0, 0.1) is 0 Å². The number of aryl methyl sites for hydroxylation is 1. The van der Waals surface area contributed by atoms with Gasteiger partial charge < -0.3 is 15.3 Å². The quantitative estimate of drug-likeness (QED) is 0.651. The zero-order valence-corrected chi connectivity index (χ0v) is 13.5. The largest absolute Gasteiger partial charge is 0.347 e. The van der Waals surface area contributed by atoms with Crippen LogP contribution >= 0.6 is 0 Å². The van der Waals surface area contributed by atoms with Crippen molar-refractivity contribution in [1.29, 1.82) is 0 Å². The number of amides is 1. The molecule has 6 nitrogen and oxygen atoms in total. The molecule has 124 valence electrons. The van der Waals surface area contributed by atoms with Gasteiger partial charge in [-0.05, 0) is 50.1 Å². The van der Waals surface area contributed by atoms with E-state index < -0.39 is 0 Å². The van der Waals surface area contributed by atoms with Gasteiger partial charge in [-0.1, -0.05) is 0 Å². The second-order valence-electron chi connectivity index (χ2n) is 6.34. The van der Waals surface area contributed by atoms with Crippen molar-refractivity contribution >= 4 is 22.8 Å². The third-order valence-corrected chi connectivity index (χ3v) is 4.48. The highest BCUT2D eigenvalue weighted by atomic mass is 16.1. The Hall–Kier alpha value is -2.60. The first-order valence-electron chi connectivity index (χ1n) is 8.40. The number of nitrogens with zero attached hydrogens (tertiary/aromatic N) is 2. The van der Waals surface area contributed by atoms with Crippen LogP contribution in [-0.2, 0) is 6.54 Å². The second-order valence-corrected chi connectivity index (χ2v) is 6.34. The van der Waals surface area contributed by atoms with Gasteiger partial charge in [-0.3, -0.25) is 10.1 Å². The van der Waals surface area contributed by atoms with Crippen LogP contribution in [0.1, 0.15) is 41.2 Å². The standard InChI is InChI=1S/C18H21N5O/c19-7-1-8-23-9-6-13-10-14(4-5-16(13)23)17(24)22-18-20-11-15(21-18)12-2-3-12/h4-6,9-12H,1-3,7-8,19H2,(H2,20,21,22,24). The Labute approximate surface area is 140 Å². The number of carbonyl (C=O) groups excluding carboxylic acids is 1. The smallest absolute Gasteiger partial charge is 0.257 e. The molecule has 3 aromatic rings. The molecule has 0 spiro atoms. The van der Waals surface area contributed by atoms with Gasteiger partial charge in [-0.25, -0.2) is 4.98 Å². The molecule has 2 heterocycles. The number of aromatic amines is 1. The van der Waals surface area contributed by atoms with Gasteiger partial charge in [0.15, 0.2) is 0 Å². The molecule has 2 aromatic heterocycles. The molecule has 1 amide bonds. The molecule has 1 aromatic carbocycles. The number of aromatic nitrogens is 3. The highest BCUT2D eigenvalue weighted by Crippen LogP contribution is 2.39. The Morgan fingerprint density at radius 1 is 1.38 bits per heavy atom. The van der Waals surface area contributed by atoms with Gasteiger partial charge in [0, 0.05) is 40.8 Å². The van der Waals surface area contributed by atoms with Crippen LogP contribution < -0.4 is 11.1 Å². The topological polar surface area (TPSA) is 88.7 Å². The normalized spacial score (nSPS) is 14.2. The van der Waals surface area contributed by atoms with Gasteiger partial charge in [-0.15, -0.1) is 0 Å². The molecule has 24 heavy (non-hydrogen) atoms. The number of hydrogen-bond acceptors (Lipinski definition) is 3. The van der Waals surface area contributed by atoms with E-state index in [1.807, 2.05) is 36.7 Å². The van der Waals surface area contributed by atoms with E-state index in [0.717, 1.165) is 29.6 Å². The lowest BCUT2D eigenvalue weighted by molar-refractivity contribution is 0.102. The van der Waals surface area contributed by atoms with E-state index in [4.69, 9.17) is 5.73 Å². The Bertz CT molecular complexity index is 875. The summed E-state index contributed by atoms with van der Waals surface area (Å²) in [5.41, 5.74) is 8.43. The van der Waals surface area contributed by atoms with Crippen molar-refractivity contribution in [2.45, 2.75) is 31.7 Å². The molecule has 6 heteroatoms. The summed E-state index contributed by atoms with van der Waals surface area (Å²) >= 11 is 0. The summed E-state index contributed by atoms with van der Waals surface area (Å²) in [6, 6.07) is 7.77. The fourth-order valence-corrected chi connectivity index (χ4v) is 2.98. The summed E-state index contributed by atoms with van der Waals surface area (Å²) in [4.78, 5) is 19.9. The van der Waals surface area contributed by atoms with Crippen LogP contribution in [0.4, 0.5) is 5.95 Å². The van der Waals surface area contributed by atoms with Crippen molar-refractivity contribution in [1.82, 2.24) is 14.5 Å². The Morgan fingerprint density at radius 2 is 2.25 bits per heavy atom. The number of fused-ring (bicyclic) bond motifs is 1. The zero-order valence-electron chi connectivity index (χ0n) is 13.5. The highest BCUT2D eigenvalue weighted by molar-refractivity contribution is 6.05. The zero-order chi connectivity index (χ0) is 16.5. The van der Waals surface area contributed by atoms with Crippen LogP contribution in [0.3, 0.4) is 0 Å². The van der Waals surface area contributed by atoms with Gasteiger partial charge in [0.05, 0.1) is 6.20 Å². The van der Waals surface area contributed by atoms with Crippen LogP contribution in [0.2, 0.25) is 0 Å². The van der Waals surface area contributed by atoms with Gasteiger partial charge in [0.1, 0.15) is 0 Å². The van der Waals surface area contributed by atoms with Gasteiger partial charge >= 0.3 is 0 Å². The number of benzene rings is 1. The maximum atomic E-state index is 12.4. The molecule has 1 saturated carbocycles. The molecule has 1 aliphatic carbocycles. The van der Waals surface area contributed by atoms with E-state index in [9.17, 15) is 4.79 Å². The fraction of sp³-hybridized carbons (Fsp3) is 0.333. The summed E-state index contributed by atoms with van der Waals surface area (Å²) in [5, 5.41) is 3.89. The summed E-state index contributed by atoms with van der Waals surface area (Å²) in [5.74, 6) is 0.957. The number of nitrogens with two attached hydrogens (primary N) is 1. The van der Waals surface area contributed by atoms with Crippen LogP contribution in [0.15, 0.2) is 36.7 Å². The summed E-state index contributed by atoms with van der Waals surface area (Å²) in [6.07, 6.45) is 7.19. The Morgan fingerprint density at radius 3 is 3.04 bits per heavy atom. The average Bonchev–Trinajstić information content (AvgIpc) is 3.21. The lowest BCUT2D eigenvalue weighted by Crippen LogP contribution is -2.13. The van der Waals surface area contributed by atoms with Crippen molar-refractivity contribution in [3.05, 3.63) is 47.9 Å². The van der Waals surface area contributed by atoms with Crippen LogP contribution in [0.5, 0.6) is 0 Å². The molecule has 4 rings (SSSR count). The monoisotopic (exact) mass is 323 g/mol. The van der Waals surface area contributed by atoms with E-state index in [1.165, 1.54) is 12.8 Å². The highest BCUT2D eigenvalue weighted by Gasteiger charge is 2.25. The van der Waals surface area contributed by atoms with Crippen molar-refractivity contribution in [3.8, 4) is 0 Å². The van der Waals surface area contributed by atoms with E-state index in [0.29, 0.717) is 24.0 Å². The third-order valence-electron chi connectivity index (χ3n) is 4.48. The first-order valence-corrected chi connectivity index (χ1v) is 8.40. The molecule has 1 fully saturated rings. The van der Waals surface area contributed by atoms with E-state index in [-0.39, 0.29) is 5.91 Å². The van der Waals surface area contributed by atoms with E-state index in [2.05, 4.69) is 19.9 Å². The van der Waals surface area contributed by atoms with Crippen molar-refractivity contribution in [2.24, 2.45) is 5.73 Å². The summed E-state index contributed by atoms with van der Waals surface area (Å²) < 4.78 is 2.17. The number of H-pyrrole nitrogens is 1. The van der Waals surface area contributed by atoms with Crippen molar-refractivity contribution in [3.63, 3.8) is 0 Å². The minimum atomic E-state index is -0.150. The van der Waals surface area contributed by atoms with E-state index >= 15 is 0 Å². The second kappa shape index (κ2) is 6.13. The molecule has 0 aliphatic heterocycles.